The SMILES string of the molecule is OCC(Cc1ccc(C(F)(F)F)cc1)c1cccc(Cl)c1. The molecule has 21 heavy (non-hydrogen) atoms. The van der Waals surface area contributed by atoms with Crippen molar-refractivity contribution in [3.8, 4) is 0 Å². The third-order valence-electron chi connectivity index (χ3n) is 3.30. The van der Waals surface area contributed by atoms with Crippen LogP contribution in [0.2, 0.25) is 5.02 Å². The first-order valence-electron chi connectivity index (χ1n) is 6.42. The van der Waals surface area contributed by atoms with E-state index in [4.69, 9.17) is 11.6 Å². The molecule has 1 N–H and O–H groups in total. The minimum absolute atomic E-state index is 0.0959. The van der Waals surface area contributed by atoms with Gasteiger partial charge in [0.15, 0.2) is 0 Å². The Balaban J connectivity index is 2.15. The highest BCUT2D eigenvalue weighted by atomic mass is 35.5. The van der Waals surface area contributed by atoms with Gasteiger partial charge < -0.3 is 5.11 Å². The van der Waals surface area contributed by atoms with E-state index in [1.54, 1.807) is 18.2 Å². The van der Waals surface area contributed by atoms with Crippen LogP contribution in [0.4, 0.5) is 13.2 Å². The molecule has 0 fully saturated rings. The van der Waals surface area contributed by atoms with Crippen LogP contribution in [-0.4, -0.2) is 11.7 Å². The average molecular weight is 315 g/mol. The van der Waals surface area contributed by atoms with Crippen molar-refractivity contribution in [1.82, 2.24) is 0 Å². The summed E-state index contributed by atoms with van der Waals surface area (Å²) >= 11 is 5.91. The van der Waals surface area contributed by atoms with E-state index in [0.717, 1.165) is 23.3 Å². The Morgan fingerprint density at radius 2 is 1.71 bits per heavy atom. The van der Waals surface area contributed by atoms with Crippen molar-refractivity contribution in [3.63, 3.8) is 0 Å². The molecule has 0 amide bonds. The molecule has 0 aliphatic heterocycles. The van der Waals surface area contributed by atoms with Crippen molar-refractivity contribution in [2.75, 3.05) is 6.61 Å². The van der Waals surface area contributed by atoms with Crippen LogP contribution in [-0.2, 0) is 12.6 Å². The smallest absolute Gasteiger partial charge is 0.396 e. The average Bonchev–Trinajstić information content (AvgIpc) is 2.44. The van der Waals surface area contributed by atoms with E-state index >= 15 is 0 Å². The Hall–Kier alpha value is -1.52. The van der Waals surface area contributed by atoms with E-state index < -0.39 is 11.7 Å². The van der Waals surface area contributed by atoms with E-state index in [1.807, 2.05) is 6.07 Å². The first-order chi connectivity index (χ1) is 9.90. The van der Waals surface area contributed by atoms with E-state index in [-0.39, 0.29) is 12.5 Å². The first kappa shape index (κ1) is 15.9. The van der Waals surface area contributed by atoms with Crippen LogP contribution in [0.5, 0.6) is 0 Å². The highest BCUT2D eigenvalue weighted by Gasteiger charge is 2.30. The summed E-state index contributed by atoms with van der Waals surface area (Å²) in [5.74, 6) is -0.194. The summed E-state index contributed by atoms with van der Waals surface area (Å²) in [7, 11) is 0. The fourth-order valence-corrected chi connectivity index (χ4v) is 2.36. The molecule has 2 aromatic rings. The zero-order chi connectivity index (χ0) is 15.5. The van der Waals surface area contributed by atoms with Gasteiger partial charge in [-0.3, -0.25) is 0 Å². The molecule has 112 valence electrons. The van der Waals surface area contributed by atoms with Gasteiger partial charge in [-0.1, -0.05) is 35.9 Å². The summed E-state index contributed by atoms with van der Waals surface area (Å²) in [6, 6.07) is 12.1. The monoisotopic (exact) mass is 314 g/mol. The molecule has 1 unspecified atom stereocenters. The topological polar surface area (TPSA) is 20.2 Å². The molecule has 1 nitrogen and oxygen atoms in total. The number of aliphatic hydroxyl groups excluding tert-OH is 1. The van der Waals surface area contributed by atoms with Crippen LogP contribution in [0.1, 0.15) is 22.6 Å². The minimum Gasteiger partial charge on any atom is -0.396 e. The van der Waals surface area contributed by atoms with Crippen LogP contribution in [0.25, 0.3) is 0 Å². The third kappa shape index (κ3) is 4.22. The second kappa shape index (κ2) is 6.50. The summed E-state index contributed by atoms with van der Waals surface area (Å²) in [6.07, 6.45) is -3.88. The maximum atomic E-state index is 12.5. The molecule has 0 aliphatic rings. The van der Waals surface area contributed by atoms with Gasteiger partial charge in [0.1, 0.15) is 0 Å². The Kier molecular flexibility index (Phi) is 4.91. The summed E-state index contributed by atoms with van der Waals surface area (Å²) in [5.41, 5.74) is 0.932. The largest absolute Gasteiger partial charge is 0.416 e. The van der Waals surface area contributed by atoms with Gasteiger partial charge in [0.25, 0.3) is 0 Å². The van der Waals surface area contributed by atoms with Gasteiger partial charge in [0.05, 0.1) is 12.2 Å². The molecule has 5 heteroatoms. The molecule has 0 bridgehead atoms. The fourth-order valence-electron chi connectivity index (χ4n) is 2.16. The zero-order valence-corrected chi connectivity index (χ0v) is 11.8. The molecule has 2 rings (SSSR count). The second-order valence-corrected chi connectivity index (χ2v) is 5.27. The Morgan fingerprint density at radius 1 is 1.05 bits per heavy atom. The third-order valence-corrected chi connectivity index (χ3v) is 3.54. The number of rotatable bonds is 4. The van der Waals surface area contributed by atoms with Crippen molar-refractivity contribution < 1.29 is 18.3 Å². The highest BCUT2D eigenvalue weighted by Crippen LogP contribution is 2.30. The van der Waals surface area contributed by atoms with Crippen LogP contribution < -0.4 is 0 Å². The lowest BCUT2D eigenvalue weighted by Gasteiger charge is -2.15. The molecule has 0 aliphatic carbocycles. The van der Waals surface area contributed by atoms with Crippen LogP contribution in [0, 0.1) is 0 Å². The highest BCUT2D eigenvalue weighted by molar-refractivity contribution is 6.30. The number of halogens is 4. The molecule has 1 atom stereocenters. The van der Waals surface area contributed by atoms with E-state index in [0.29, 0.717) is 11.4 Å². The lowest BCUT2D eigenvalue weighted by molar-refractivity contribution is -0.137. The Morgan fingerprint density at radius 3 is 2.24 bits per heavy atom. The maximum absolute atomic E-state index is 12.5. The number of aliphatic hydroxyl groups is 1. The standard InChI is InChI=1S/C16H14ClF3O/c17-15-3-1-2-12(9-15)13(10-21)8-11-4-6-14(7-5-11)16(18,19)20/h1-7,9,13,21H,8,10H2. The van der Waals surface area contributed by atoms with Crippen molar-refractivity contribution >= 4 is 11.6 Å². The summed E-state index contributed by atoms with van der Waals surface area (Å²) < 4.78 is 37.5. The van der Waals surface area contributed by atoms with Crippen LogP contribution in [0.15, 0.2) is 48.5 Å². The predicted molar refractivity (Wildman–Crippen MR) is 76.4 cm³/mol. The lowest BCUT2D eigenvalue weighted by atomic mass is 9.92. The molecule has 0 spiro atoms. The number of benzene rings is 2. The Bertz CT molecular complexity index is 593. The summed E-state index contributed by atoms with van der Waals surface area (Å²) in [5, 5.41) is 10.1. The lowest BCUT2D eigenvalue weighted by Crippen LogP contribution is -2.09. The number of hydrogen-bond acceptors (Lipinski definition) is 1. The molecule has 0 heterocycles. The summed E-state index contributed by atoms with van der Waals surface area (Å²) in [6.45, 7) is -0.0959. The zero-order valence-electron chi connectivity index (χ0n) is 11.1. The maximum Gasteiger partial charge on any atom is 0.416 e. The molecule has 0 saturated heterocycles. The predicted octanol–water partition coefficient (Wildman–Crippen LogP) is 4.68. The van der Waals surface area contributed by atoms with Crippen LogP contribution >= 0.6 is 11.6 Å². The molecule has 0 aromatic heterocycles. The van der Waals surface area contributed by atoms with Crippen molar-refractivity contribution in [3.05, 3.63) is 70.2 Å². The number of hydrogen-bond donors (Lipinski definition) is 1. The van der Waals surface area contributed by atoms with Gasteiger partial charge in [-0.05, 0) is 41.8 Å². The van der Waals surface area contributed by atoms with Gasteiger partial charge in [0, 0.05) is 10.9 Å². The van der Waals surface area contributed by atoms with Gasteiger partial charge in [-0.25, -0.2) is 0 Å². The first-order valence-corrected chi connectivity index (χ1v) is 6.80. The Labute approximate surface area is 126 Å². The van der Waals surface area contributed by atoms with Crippen molar-refractivity contribution in [1.29, 1.82) is 0 Å². The quantitative estimate of drug-likeness (QED) is 0.869. The van der Waals surface area contributed by atoms with E-state index in [9.17, 15) is 18.3 Å². The van der Waals surface area contributed by atoms with E-state index in [2.05, 4.69) is 0 Å². The molecular weight excluding hydrogens is 301 g/mol. The minimum atomic E-state index is -4.33. The molecular formula is C16H14ClF3O. The van der Waals surface area contributed by atoms with E-state index in [1.165, 1.54) is 12.1 Å². The normalized spacial score (nSPS) is 13.2. The summed E-state index contributed by atoms with van der Waals surface area (Å²) in [4.78, 5) is 0. The van der Waals surface area contributed by atoms with Crippen LogP contribution in [0.3, 0.4) is 0 Å². The van der Waals surface area contributed by atoms with Crippen molar-refractivity contribution in [2.45, 2.75) is 18.5 Å². The molecule has 0 saturated carbocycles. The molecule has 0 radical (unpaired) electrons. The van der Waals surface area contributed by atoms with Gasteiger partial charge in [-0.15, -0.1) is 0 Å². The van der Waals surface area contributed by atoms with Crippen molar-refractivity contribution in [2.24, 2.45) is 0 Å². The van der Waals surface area contributed by atoms with Gasteiger partial charge >= 0.3 is 6.18 Å². The fraction of sp³-hybridized carbons (Fsp3) is 0.250. The van der Waals surface area contributed by atoms with Gasteiger partial charge in [-0.2, -0.15) is 13.2 Å². The second-order valence-electron chi connectivity index (χ2n) is 4.83. The van der Waals surface area contributed by atoms with Gasteiger partial charge in [0.2, 0.25) is 0 Å². The molecule has 2 aromatic carbocycles. The number of alkyl halides is 3.